The minimum atomic E-state index is -5.08. The van der Waals surface area contributed by atoms with E-state index in [2.05, 4.69) is 20.6 Å². The Morgan fingerprint density at radius 2 is 1.17 bits per heavy atom. The summed E-state index contributed by atoms with van der Waals surface area (Å²) in [5, 5.41) is 36.8. The van der Waals surface area contributed by atoms with E-state index in [1.165, 1.54) is 0 Å². The van der Waals surface area contributed by atoms with E-state index in [0.29, 0.717) is 35.0 Å². The van der Waals surface area contributed by atoms with Crippen LogP contribution in [0.4, 0.5) is 56.8 Å². The first kappa shape index (κ1) is 43.5. The number of carbonyl (C=O) groups is 4. The minimum Gasteiger partial charge on any atom is -0.475 e. The summed E-state index contributed by atoms with van der Waals surface area (Å²) in [7, 11) is 0. The number of nitrogen functional groups attached to an aromatic ring is 1. The predicted molar refractivity (Wildman–Crippen MR) is 164 cm³/mol. The van der Waals surface area contributed by atoms with Crippen LogP contribution in [0.15, 0.2) is 73.1 Å². The maximum atomic E-state index is 12.9. The van der Waals surface area contributed by atoms with Crippen molar-refractivity contribution in [3.8, 4) is 0 Å². The molecule has 0 spiro atoms. The number of anilines is 3. The van der Waals surface area contributed by atoms with Gasteiger partial charge in [-0.3, -0.25) is 10.2 Å². The second kappa shape index (κ2) is 18.5. The number of hydrogen-bond donors (Lipinski definition) is 8. The minimum absolute atomic E-state index is 0.0356. The Balaban J connectivity index is 0.000000525. The van der Waals surface area contributed by atoms with E-state index in [-0.39, 0.29) is 11.7 Å². The summed E-state index contributed by atoms with van der Waals surface area (Å²) in [5.74, 6) is -8.17. The Morgan fingerprint density at radius 1 is 0.712 bits per heavy atom. The highest BCUT2D eigenvalue weighted by Crippen LogP contribution is 2.29. The number of nitrogens with two attached hydrogens (primary N) is 2. The summed E-state index contributed by atoms with van der Waals surface area (Å²) >= 11 is 0. The molecule has 280 valence electrons. The number of carboxylic acids is 3. The average Bonchev–Trinajstić information content (AvgIpc) is 3.04. The predicted octanol–water partition coefficient (Wildman–Crippen LogP) is 5.27. The molecule has 0 saturated heterocycles. The molecule has 0 fully saturated rings. The number of nitrogens with zero attached hydrogens (tertiary/aromatic N) is 2. The largest absolute Gasteiger partial charge is 0.490 e. The van der Waals surface area contributed by atoms with Gasteiger partial charge in [-0.2, -0.15) is 39.5 Å². The van der Waals surface area contributed by atoms with Gasteiger partial charge in [0, 0.05) is 46.8 Å². The van der Waals surface area contributed by atoms with Crippen LogP contribution >= 0.6 is 0 Å². The fourth-order valence-corrected chi connectivity index (χ4v) is 3.17. The number of halogens is 9. The van der Waals surface area contributed by atoms with Crippen LogP contribution in [0.3, 0.4) is 0 Å². The molecule has 52 heavy (non-hydrogen) atoms. The number of amidine groups is 1. The number of aliphatic carboxylic acids is 3. The Bertz CT molecular complexity index is 1810. The van der Waals surface area contributed by atoms with Crippen molar-refractivity contribution in [3.63, 3.8) is 0 Å². The number of nitrogens with one attached hydrogen (secondary N) is 3. The third kappa shape index (κ3) is 14.9. The first-order valence-corrected chi connectivity index (χ1v) is 13.3. The maximum absolute atomic E-state index is 12.9. The number of carbonyl (C=O) groups excluding carboxylic acids is 1. The molecule has 1 amide bonds. The van der Waals surface area contributed by atoms with Gasteiger partial charge in [-0.05, 0) is 47.3 Å². The van der Waals surface area contributed by atoms with Gasteiger partial charge in [-0.15, -0.1) is 0 Å². The molecule has 0 aliphatic carbocycles. The Hall–Kier alpha value is -6.52. The fourth-order valence-electron chi connectivity index (χ4n) is 3.17. The first-order valence-electron chi connectivity index (χ1n) is 13.3. The molecule has 0 aliphatic heterocycles. The maximum Gasteiger partial charge on any atom is 0.490 e. The highest BCUT2D eigenvalue weighted by atomic mass is 19.4. The molecule has 10 N–H and O–H groups in total. The molecule has 1 aromatic heterocycles. The number of aromatic nitrogens is 2. The summed E-state index contributed by atoms with van der Waals surface area (Å²) < 4.78 is 95.2. The van der Waals surface area contributed by atoms with Crippen molar-refractivity contribution < 1.29 is 74.0 Å². The molecular formula is C29H24F9N7O7. The van der Waals surface area contributed by atoms with E-state index in [1.54, 1.807) is 42.7 Å². The van der Waals surface area contributed by atoms with Gasteiger partial charge < -0.3 is 37.4 Å². The summed E-state index contributed by atoms with van der Waals surface area (Å²) in [6, 6.07) is 18.0. The second-order valence-corrected chi connectivity index (χ2v) is 9.33. The van der Waals surface area contributed by atoms with Crippen molar-refractivity contribution in [1.29, 1.82) is 5.41 Å². The first-order chi connectivity index (χ1) is 23.9. The molecule has 0 saturated carbocycles. The lowest BCUT2D eigenvalue weighted by Gasteiger charge is -2.13. The van der Waals surface area contributed by atoms with E-state index in [0.717, 1.165) is 16.3 Å². The topological polar surface area (TPSA) is 255 Å². The molecule has 1 heterocycles. The van der Waals surface area contributed by atoms with Crippen molar-refractivity contribution in [3.05, 3.63) is 89.7 Å². The molecule has 0 radical (unpaired) electrons. The molecule has 0 aliphatic rings. The van der Waals surface area contributed by atoms with E-state index in [4.69, 9.17) is 46.6 Å². The monoisotopic (exact) mass is 753 g/mol. The van der Waals surface area contributed by atoms with Crippen LogP contribution in [-0.4, -0.2) is 73.5 Å². The molecular weight excluding hydrogens is 729 g/mol. The number of rotatable bonds is 6. The molecule has 4 rings (SSSR count). The van der Waals surface area contributed by atoms with Crippen LogP contribution < -0.4 is 22.1 Å². The SMILES string of the molecule is N=C(N)c1ccc2cc(C(=O)Nc3ccc(CN)cc3)cc(Nc3ncccn3)c2c1.O=C(O)C(F)(F)F.O=C(O)C(F)(F)F.O=C(O)C(F)(F)F. The molecule has 23 heteroatoms. The van der Waals surface area contributed by atoms with Crippen LogP contribution in [0.5, 0.6) is 0 Å². The fraction of sp³-hybridized carbons (Fsp3) is 0.138. The Labute approximate surface area is 284 Å². The van der Waals surface area contributed by atoms with Crippen LogP contribution in [0.2, 0.25) is 0 Å². The van der Waals surface area contributed by atoms with Gasteiger partial charge in [0.2, 0.25) is 5.95 Å². The number of benzene rings is 3. The van der Waals surface area contributed by atoms with Crippen LogP contribution in [0, 0.1) is 5.41 Å². The number of hydrogen-bond acceptors (Lipinski definition) is 9. The summed E-state index contributed by atoms with van der Waals surface area (Å²) in [4.78, 5) is 48.0. The van der Waals surface area contributed by atoms with Gasteiger partial charge in [0.05, 0.1) is 0 Å². The van der Waals surface area contributed by atoms with Gasteiger partial charge in [0.15, 0.2) is 0 Å². The molecule has 0 atom stereocenters. The average molecular weight is 754 g/mol. The lowest BCUT2D eigenvalue weighted by Crippen LogP contribution is -2.21. The van der Waals surface area contributed by atoms with Gasteiger partial charge in [0.25, 0.3) is 5.91 Å². The highest BCUT2D eigenvalue weighted by Gasteiger charge is 2.39. The standard InChI is InChI=1S/C23H21N7O.3C2HF3O2/c24-13-14-2-6-18(7-3-14)29-22(31)17-10-15-4-5-16(21(25)26)11-19(15)20(12-17)30-23-27-8-1-9-28-23;3*3-2(4,5)1(6)7/h1-12H,13,24H2,(H3,25,26)(H,29,31)(H,27,28,30);3*(H,6,7). The van der Waals surface area contributed by atoms with Crippen molar-refractivity contribution in [2.45, 2.75) is 25.1 Å². The zero-order valence-corrected chi connectivity index (χ0v) is 25.6. The van der Waals surface area contributed by atoms with Crippen LogP contribution in [0.1, 0.15) is 21.5 Å². The number of alkyl halides is 9. The third-order valence-electron chi connectivity index (χ3n) is 5.51. The van der Waals surface area contributed by atoms with Gasteiger partial charge in [0.1, 0.15) is 5.84 Å². The molecule has 0 unspecified atom stereocenters. The zero-order chi connectivity index (χ0) is 40.0. The normalized spacial score (nSPS) is 10.9. The highest BCUT2D eigenvalue weighted by molar-refractivity contribution is 6.10. The number of amides is 1. The van der Waals surface area contributed by atoms with Gasteiger partial charge in [-0.25, -0.2) is 24.4 Å². The molecule has 4 aromatic rings. The van der Waals surface area contributed by atoms with Crippen molar-refractivity contribution >= 4 is 57.7 Å². The summed E-state index contributed by atoms with van der Waals surface area (Å²) in [6.45, 7) is 0.442. The summed E-state index contributed by atoms with van der Waals surface area (Å²) in [6.07, 6.45) is -12.0. The quantitative estimate of drug-likeness (QED) is 0.0712. The van der Waals surface area contributed by atoms with Crippen molar-refractivity contribution in [2.24, 2.45) is 11.5 Å². The Kier molecular flexibility index (Phi) is 15.4. The Morgan fingerprint density at radius 3 is 1.58 bits per heavy atom. The lowest BCUT2D eigenvalue weighted by molar-refractivity contribution is -0.193. The van der Waals surface area contributed by atoms with Crippen LogP contribution in [-0.2, 0) is 20.9 Å². The lowest BCUT2D eigenvalue weighted by atomic mass is 10.0. The zero-order valence-electron chi connectivity index (χ0n) is 25.6. The van der Waals surface area contributed by atoms with Crippen LogP contribution in [0.25, 0.3) is 10.8 Å². The second-order valence-electron chi connectivity index (χ2n) is 9.33. The molecule has 3 aromatic carbocycles. The van der Waals surface area contributed by atoms with E-state index in [1.807, 2.05) is 30.3 Å². The van der Waals surface area contributed by atoms with Crippen molar-refractivity contribution in [1.82, 2.24) is 9.97 Å². The third-order valence-corrected chi connectivity index (χ3v) is 5.51. The smallest absolute Gasteiger partial charge is 0.475 e. The summed E-state index contributed by atoms with van der Waals surface area (Å²) in [5.41, 5.74) is 14.6. The number of carboxylic acid groups (broad SMARTS) is 3. The van der Waals surface area contributed by atoms with Gasteiger partial charge >= 0.3 is 36.4 Å². The van der Waals surface area contributed by atoms with E-state index >= 15 is 0 Å². The number of fused-ring (bicyclic) bond motifs is 1. The van der Waals surface area contributed by atoms with E-state index in [9.17, 15) is 44.3 Å². The van der Waals surface area contributed by atoms with Crippen molar-refractivity contribution in [2.75, 3.05) is 10.6 Å². The molecule has 14 nitrogen and oxygen atoms in total. The molecule has 0 bridgehead atoms. The van der Waals surface area contributed by atoms with Gasteiger partial charge in [-0.1, -0.05) is 24.3 Å². The van der Waals surface area contributed by atoms with E-state index < -0.39 is 36.4 Å².